The van der Waals surface area contributed by atoms with Gasteiger partial charge in [-0.2, -0.15) is 0 Å². The van der Waals surface area contributed by atoms with Crippen LogP contribution < -0.4 is 5.73 Å². The van der Waals surface area contributed by atoms with E-state index >= 15 is 0 Å². The molecule has 0 heterocycles. The summed E-state index contributed by atoms with van der Waals surface area (Å²) in [4.78, 5) is 4.40. The second-order valence-electron chi connectivity index (χ2n) is 1.08. The van der Waals surface area contributed by atoms with Gasteiger partial charge in [-0.3, -0.25) is 0 Å². The molecular formula is C4H9N2O. The molecule has 3 nitrogen and oxygen atoms in total. The van der Waals surface area contributed by atoms with Gasteiger partial charge in [-0.05, 0) is 13.0 Å². The summed E-state index contributed by atoms with van der Waals surface area (Å²) < 4.78 is 0. The highest BCUT2D eigenvalue weighted by atomic mass is 16.6. The average molecular weight is 101 g/mol. The van der Waals surface area contributed by atoms with Crippen molar-refractivity contribution in [3.63, 3.8) is 0 Å². The minimum absolute atomic E-state index is 0.521. The van der Waals surface area contributed by atoms with E-state index in [1.807, 2.05) is 0 Å². The molecule has 0 saturated heterocycles. The van der Waals surface area contributed by atoms with E-state index in [0.29, 0.717) is 13.2 Å². The first kappa shape index (κ1) is 6.43. The van der Waals surface area contributed by atoms with E-state index in [1.165, 1.54) is 0 Å². The highest BCUT2D eigenvalue weighted by molar-refractivity contribution is 5.21. The molecule has 0 aromatic rings. The van der Waals surface area contributed by atoms with Crippen LogP contribution >= 0.6 is 0 Å². The average Bonchev–Trinajstić information content (AvgIpc) is 1.69. The number of nitrogens with zero attached hydrogens (tertiary/aromatic N) is 1. The SMILES string of the molecule is [CH]=NOCCCN. The molecule has 0 unspecified atom stereocenters. The number of nitrogens with two attached hydrogens (primary N) is 1. The highest BCUT2D eigenvalue weighted by Crippen LogP contribution is 1.76. The monoisotopic (exact) mass is 101 g/mol. The van der Waals surface area contributed by atoms with Crippen molar-refractivity contribution in [1.82, 2.24) is 0 Å². The summed E-state index contributed by atoms with van der Waals surface area (Å²) in [7, 11) is 0. The molecule has 7 heavy (non-hydrogen) atoms. The quantitative estimate of drug-likeness (QED) is 0.304. The zero-order valence-electron chi connectivity index (χ0n) is 4.13. The van der Waals surface area contributed by atoms with Gasteiger partial charge < -0.3 is 10.6 Å². The van der Waals surface area contributed by atoms with Crippen LogP contribution in [0, 0.1) is 0 Å². The Kier molecular flexibility index (Phi) is 4.99. The van der Waals surface area contributed by atoms with Crippen LogP contribution in [0.5, 0.6) is 0 Å². The fourth-order valence-corrected chi connectivity index (χ4v) is 0.201. The Morgan fingerprint density at radius 2 is 2.43 bits per heavy atom. The lowest BCUT2D eigenvalue weighted by Crippen LogP contribution is -2.01. The molecule has 0 rings (SSSR count). The third-order valence-electron chi connectivity index (χ3n) is 0.514. The van der Waals surface area contributed by atoms with Crippen molar-refractivity contribution in [2.24, 2.45) is 10.9 Å². The molecule has 41 valence electrons. The Bertz CT molecular complexity index is 47.0. The van der Waals surface area contributed by atoms with Crippen molar-refractivity contribution >= 4 is 6.72 Å². The van der Waals surface area contributed by atoms with Crippen molar-refractivity contribution in [3.05, 3.63) is 0 Å². The Labute approximate surface area is 43.1 Å². The van der Waals surface area contributed by atoms with Gasteiger partial charge in [0.15, 0.2) is 0 Å². The molecule has 2 N–H and O–H groups in total. The Morgan fingerprint density at radius 3 is 2.86 bits per heavy atom. The van der Waals surface area contributed by atoms with E-state index < -0.39 is 0 Å². The van der Waals surface area contributed by atoms with Gasteiger partial charge >= 0.3 is 0 Å². The summed E-state index contributed by atoms with van der Waals surface area (Å²) in [5.41, 5.74) is 5.11. The fraction of sp³-hybridized carbons (Fsp3) is 0.750. The molecule has 0 amide bonds. The summed E-state index contributed by atoms with van der Waals surface area (Å²) in [6, 6.07) is 0. The Hall–Kier alpha value is -0.570. The van der Waals surface area contributed by atoms with Crippen molar-refractivity contribution in [1.29, 1.82) is 0 Å². The van der Waals surface area contributed by atoms with Crippen LogP contribution in [-0.4, -0.2) is 19.9 Å². The zero-order chi connectivity index (χ0) is 5.54. The van der Waals surface area contributed by atoms with Gasteiger partial charge in [-0.25, -0.2) is 0 Å². The first-order valence-corrected chi connectivity index (χ1v) is 2.14. The molecule has 0 saturated carbocycles. The number of rotatable bonds is 4. The van der Waals surface area contributed by atoms with E-state index in [0.717, 1.165) is 6.42 Å². The van der Waals surface area contributed by atoms with Crippen molar-refractivity contribution in [3.8, 4) is 0 Å². The summed E-state index contributed by atoms with van der Waals surface area (Å²) in [5.74, 6) is 0. The molecule has 0 aromatic carbocycles. The summed E-state index contributed by atoms with van der Waals surface area (Å²) in [5, 5.41) is 2.92. The van der Waals surface area contributed by atoms with Crippen LogP contribution in [0.25, 0.3) is 0 Å². The van der Waals surface area contributed by atoms with Gasteiger partial charge in [0.25, 0.3) is 0 Å². The van der Waals surface area contributed by atoms with Crippen LogP contribution in [-0.2, 0) is 4.84 Å². The maximum Gasteiger partial charge on any atom is 0.118 e. The molecule has 3 heteroatoms. The first-order valence-electron chi connectivity index (χ1n) is 2.14. The smallest absolute Gasteiger partial charge is 0.118 e. The molecule has 0 fully saturated rings. The third-order valence-corrected chi connectivity index (χ3v) is 0.514. The summed E-state index contributed by atoms with van der Waals surface area (Å²) in [6.07, 6.45) is 0.806. The van der Waals surface area contributed by atoms with E-state index in [9.17, 15) is 0 Å². The van der Waals surface area contributed by atoms with Crippen LogP contribution in [0.3, 0.4) is 0 Å². The fourth-order valence-electron chi connectivity index (χ4n) is 0.201. The molecule has 1 radical (unpaired) electrons. The standard InChI is InChI=1S/C4H9N2O/c1-6-7-4-2-3-5/h1H,2-5H2. The van der Waals surface area contributed by atoms with E-state index in [2.05, 4.69) is 16.7 Å². The van der Waals surface area contributed by atoms with Crippen molar-refractivity contribution in [2.45, 2.75) is 6.42 Å². The van der Waals surface area contributed by atoms with Crippen LogP contribution in [0.2, 0.25) is 0 Å². The molecular weight excluding hydrogens is 92.1 g/mol. The largest absolute Gasteiger partial charge is 0.396 e. The lowest BCUT2D eigenvalue weighted by atomic mass is 10.5. The molecule has 0 atom stereocenters. The van der Waals surface area contributed by atoms with Gasteiger partial charge in [0.2, 0.25) is 0 Å². The molecule has 0 spiro atoms. The molecule has 0 aromatic heterocycles. The minimum Gasteiger partial charge on any atom is -0.396 e. The number of hydrogen-bond acceptors (Lipinski definition) is 3. The third kappa shape index (κ3) is 5.43. The minimum atomic E-state index is 0.521. The maximum absolute atomic E-state index is 5.11. The molecule has 0 aliphatic carbocycles. The molecule has 0 bridgehead atoms. The van der Waals surface area contributed by atoms with E-state index in [-0.39, 0.29) is 0 Å². The Morgan fingerprint density at radius 1 is 1.71 bits per heavy atom. The van der Waals surface area contributed by atoms with Crippen LogP contribution in [0.15, 0.2) is 5.16 Å². The second-order valence-corrected chi connectivity index (χ2v) is 1.08. The van der Waals surface area contributed by atoms with Gasteiger partial charge in [-0.1, -0.05) is 5.16 Å². The van der Waals surface area contributed by atoms with Gasteiger partial charge in [0.1, 0.15) is 6.61 Å². The normalized spacial score (nSPS) is 8.14. The summed E-state index contributed by atoms with van der Waals surface area (Å²) >= 11 is 0. The summed E-state index contributed by atoms with van der Waals surface area (Å²) in [6.45, 7) is 5.77. The lowest BCUT2D eigenvalue weighted by molar-refractivity contribution is 0.146. The van der Waals surface area contributed by atoms with E-state index in [4.69, 9.17) is 5.73 Å². The molecule has 0 aliphatic heterocycles. The second kappa shape index (κ2) is 5.43. The van der Waals surface area contributed by atoms with Gasteiger partial charge in [-0.15, -0.1) is 0 Å². The first-order chi connectivity index (χ1) is 3.41. The maximum atomic E-state index is 5.11. The predicted octanol–water partition coefficient (Wildman–Crippen LogP) is -0.156. The molecule has 0 aliphatic rings. The number of hydrogen-bond donors (Lipinski definition) is 1. The van der Waals surface area contributed by atoms with Crippen LogP contribution in [0.4, 0.5) is 0 Å². The topological polar surface area (TPSA) is 47.6 Å². The van der Waals surface area contributed by atoms with Gasteiger partial charge in [0.05, 0.1) is 6.72 Å². The zero-order valence-corrected chi connectivity index (χ0v) is 4.13. The van der Waals surface area contributed by atoms with Crippen molar-refractivity contribution in [2.75, 3.05) is 13.2 Å². The predicted molar refractivity (Wildman–Crippen MR) is 28.1 cm³/mol. The van der Waals surface area contributed by atoms with Gasteiger partial charge in [0, 0.05) is 0 Å². The lowest BCUT2D eigenvalue weighted by Gasteiger charge is -1.91. The van der Waals surface area contributed by atoms with Crippen molar-refractivity contribution < 1.29 is 4.84 Å². The van der Waals surface area contributed by atoms with E-state index in [1.54, 1.807) is 0 Å². The van der Waals surface area contributed by atoms with Crippen LogP contribution in [0.1, 0.15) is 6.42 Å². The Balaban J connectivity index is 2.56. The highest BCUT2D eigenvalue weighted by Gasteiger charge is 1.77.